The normalized spacial score (nSPS) is 12.6. The minimum atomic E-state index is -0.909. The summed E-state index contributed by atoms with van der Waals surface area (Å²) in [7, 11) is 3.49. The molecule has 5 nitrogen and oxygen atoms in total. The van der Waals surface area contributed by atoms with E-state index in [4.69, 9.17) is 10.5 Å². The predicted octanol–water partition coefficient (Wildman–Crippen LogP) is 1.31. The lowest BCUT2D eigenvalue weighted by molar-refractivity contribution is -0.138. The van der Waals surface area contributed by atoms with Gasteiger partial charge in [-0.15, -0.1) is 0 Å². The molecule has 1 aromatic heterocycles. The van der Waals surface area contributed by atoms with E-state index in [2.05, 4.69) is 0 Å². The number of methoxy groups -OCH3 is 1. The molecule has 1 aromatic carbocycles. The van der Waals surface area contributed by atoms with Crippen LogP contribution in [0, 0.1) is 0 Å². The van der Waals surface area contributed by atoms with Crippen molar-refractivity contribution in [2.45, 2.75) is 5.92 Å². The number of aliphatic carboxylic acids is 1. The largest absolute Gasteiger partial charge is 0.495 e. The number of benzene rings is 1. The number of rotatable bonds is 4. The Labute approximate surface area is 105 Å². The van der Waals surface area contributed by atoms with Crippen LogP contribution in [0.1, 0.15) is 11.5 Å². The van der Waals surface area contributed by atoms with Crippen molar-refractivity contribution in [1.29, 1.82) is 0 Å². The van der Waals surface area contributed by atoms with Crippen LogP contribution in [0.3, 0.4) is 0 Å². The molecule has 96 valence electrons. The zero-order valence-corrected chi connectivity index (χ0v) is 10.4. The maximum atomic E-state index is 11.2. The van der Waals surface area contributed by atoms with E-state index in [1.165, 1.54) is 0 Å². The van der Waals surface area contributed by atoms with Crippen LogP contribution in [0.5, 0.6) is 5.75 Å². The lowest BCUT2D eigenvalue weighted by atomic mass is 9.95. The topological polar surface area (TPSA) is 77.5 Å². The second-order valence-electron chi connectivity index (χ2n) is 4.17. The fraction of sp³-hybridized carbons (Fsp3) is 0.308. The number of hydrogen-bond donors (Lipinski definition) is 2. The first-order chi connectivity index (χ1) is 8.60. The van der Waals surface area contributed by atoms with Gasteiger partial charge in [-0.1, -0.05) is 6.07 Å². The van der Waals surface area contributed by atoms with Gasteiger partial charge in [-0.25, -0.2) is 0 Å². The summed E-state index contributed by atoms with van der Waals surface area (Å²) in [6.45, 7) is 0.0751. The van der Waals surface area contributed by atoms with Crippen LogP contribution in [0.25, 0.3) is 10.9 Å². The molecular formula is C13H16N2O3. The van der Waals surface area contributed by atoms with E-state index in [1.54, 1.807) is 19.2 Å². The SMILES string of the molecule is COc1ccc(C(CN)C(=O)O)c2ccn(C)c12. The van der Waals surface area contributed by atoms with E-state index < -0.39 is 11.9 Å². The van der Waals surface area contributed by atoms with Crippen LogP contribution in [0.15, 0.2) is 24.4 Å². The first kappa shape index (κ1) is 12.4. The number of carboxylic acid groups (broad SMARTS) is 1. The van der Waals surface area contributed by atoms with E-state index in [0.29, 0.717) is 0 Å². The fourth-order valence-electron chi connectivity index (χ4n) is 2.23. The van der Waals surface area contributed by atoms with Gasteiger partial charge in [0.15, 0.2) is 0 Å². The number of aryl methyl sites for hydroxylation is 1. The fourth-order valence-corrected chi connectivity index (χ4v) is 2.23. The number of carboxylic acids is 1. The van der Waals surface area contributed by atoms with Crippen molar-refractivity contribution in [1.82, 2.24) is 4.57 Å². The van der Waals surface area contributed by atoms with Gasteiger partial charge < -0.3 is 20.1 Å². The van der Waals surface area contributed by atoms with E-state index in [-0.39, 0.29) is 6.54 Å². The Bertz CT molecular complexity index is 589. The summed E-state index contributed by atoms with van der Waals surface area (Å²) in [6.07, 6.45) is 1.88. The molecule has 0 spiro atoms. The molecule has 0 bridgehead atoms. The minimum absolute atomic E-state index is 0.0751. The molecule has 0 amide bonds. The Kier molecular flexibility index (Phi) is 3.25. The molecule has 5 heteroatoms. The molecule has 0 aliphatic heterocycles. The maximum absolute atomic E-state index is 11.2. The first-order valence-corrected chi connectivity index (χ1v) is 5.65. The molecular weight excluding hydrogens is 232 g/mol. The third-order valence-electron chi connectivity index (χ3n) is 3.16. The smallest absolute Gasteiger partial charge is 0.312 e. The average Bonchev–Trinajstić information content (AvgIpc) is 2.73. The molecule has 0 saturated carbocycles. The standard InChI is InChI=1S/C13H16N2O3/c1-15-6-5-9-8(10(7-14)13(16)17)3-4-11(18-2)12(9)15/h3-6,10H,7,14H2,1-2H3,(H,16,17). The molecule has 0 aliphatic carbocycles. The van der Waals surface area contributed by atoms with Crippen molar-refractivity contribution in [3.63, 3.8) is 0 Å². The van der Waals surface area contributed by atoms with Crippen LogP contribution in [0.4, 0.5) is 0 Å². The van der Waals surface area contributed by atoms with E-state index in [1.807, 2.05) is 23.9 Å². The Morgan fingerprint density at radius 3 is 2.78 bits per heavy atom. The summed E-state index contributed by atoms with van der Waals surface area (Å²) in [4.78, 5) is 11.2. The number of nitrogens with two attached hydrogens (primary N) is 1. The Balaban J connectivity index is 2.70. The lowest BCUT2D eigenvalue weighted by Gasteiger charge is -2.13. The quantitative estimate of drug-likeness (QED) is 0.855. The van der Waals surface area contributed by atoms with E-state index in [9.17, 15) is 9.90 Å². The van der Waals surface area contributed by atoms with Gasteiger partial charge in [0.1, 0.15) is 5.75 Å². The highest BCUT2D eigenvalue weighted by Gasteiger charge is 2.22. The molecule has 2 rings (SSSR count). The third-order valence-corrected chi connectivity index (χ3v) is 3.16. The van der Waals surface area contributed by atoms with Crippen molar-refractivity contribution in [3.8, 4) is 5.75 Å². The van der Waals surface area contributed by atoms with Gasteiger partial charge in [-0.05, 0) is 17.7 Å². The molecule has 1 heterocycles. The maximum Gasteiger partial charge on any atom is 0.312 e. The summed E-state index contributed by atoms with van der Waals surface area (Å²) in [5.41, 5.74) is 7.16. The molecule has 18 heavy (non-hydrogen) atoms. The molecule has 1 atom stereocenters. The second kappa shape index (κ2) is 4.70. The van der Waals surface area contributed by atoms with Crippen molar-refractivity contribution in [3.05, 3.63) is 30.0 Å². The summed E-state index contributed by atoms with van der Waals surface area (Å²) in [6, 6.07) is 5.44. The van der Waals surface area contributed by atoms with Crippen LogP contribution in [-0.2, 0) is 11.8 Å². The van der Waals surface area contributed by atoms with Crippen LogP contribution in [0.2, 0.25) is 0 Å². The Morgan fingerprint density at radius 2 is 2.22 bits per heavy atom. The Hall–Kier alpha value is -2.01. The summed E-state index contributed by atoms with van der Waals surface area (Å²) >= 11 is 0. The molecule has 3 N–H and O–H groups in total. The summed E-state index contributed by atoms with van der Waals surface area (Å²) in [5, 5.41) is 10.1. The number of hydrogen-bond acceptors (Lipinski definition) is 3. The zero-order valence-electron chi connectivity index (χ0n) is 10.4. The third kappa shape index (κ3) is 1.82. The van der Waals surface area contributed by atoms with Crippen LogP contribution >= 0.6 is 0 Å². The van der Waals surface area contributed by atoms with Crippen molar-refractivity contribution < 1.29 is 14.6 Å². The summed E-state index contributed by atoms with van der Waals surface area (Å²) in [5.74, 6) is -0.879. The number of fused-ring (bicyclic) bond motifs is 1. The van der Waals surface area contributed by atoms with Crippen LogP contribution < -0.4 is 10.5 Å². The number of ether oxygens (including phenoxy) is 1. The predicted molar refractivity (Wildman–Crippen MR) is 68.9 cm³/mol. The van der Waals surface area contributed by atoms with Gasteiger partial charge in [-0.2, -0.15) is 0 Å². The second-order valence-corrected chi connectivity index (χ2v) is 4.17. The summed E-state index contributed by atoms with van der Waals surface area (Å²) < 4.78 is 7.21. The zero-order chi connectivity index (χ0) is 13.3. The molecule has 0 aliphatic rings. The Morgan fingerprint density at radius 1 is 1.50 bits per heavy atom. The van der Waals surface area contributed by atoms with Crippen molar-refractivity contribution >= 4 is 16.9 Å². The highest BCUT2D eigenvalue weighted by Crippen LogP contribution is 2.32. The number of aromatic nitrogens is 1. The van der Waals surface area contributed by atoms with Crippen LogP contribution in [-0.4, -0.2) is 29.3 Å². The number of nitrogens with zero attached hydrogens (tertiary/aromatic N) is 1. The van der Waals surface area contributed by atoms with E-state index in [0.717, 1.165) is 22.2 Å². The average molecular weight is 248 g/mol. The van der Waals surface area contributed by atoms with Gasteiger partial charge in [0, 0.05) is 25.2 Å². The van der Waals surface area contributed by atoms with Gasteiger partial charge in [0.25, 0.3) is 0 Å². The highest BCUT2D eigenvalue weighted by atomic mass is 16.5. The molecule has 0 saturated heterocycles. The monoisotopic (exact) mass is 248 g/mol. The van der Waals surface area contributed by atoms with Crippen molar-refractivity contribution in [2.75, 3.05) is 13.7 Å². The molecule has 2 aromatic rings. The number of carbonyl (C=O) groups is 1. The van der Waals surface area contributed by atoms with Gasteiger partial charge in [-0.3, -0.25) is 4.79 Å². The van der Waals surface area contributed by atoms with Gasteiger partial charge in [0.2, 0.25) is 0 Å². The van der Waals surface area contributed by atoms with Gasteiger partial charge >= 0.3 is 5.97 Å². The minimum Gasteiger partial charge on any atom is -0.495 e. The van der Waals surface area contributed by atoms with Gasteiger partial charge in [0.05, 0.1) is 18.5 Å². The first-order valence-electron chi connectivity index (χ1n) is 5.65. The van der Waals surface area contributed by atoms with Crippen molar-refractivity contribution in [2.24, 2.45) is 12.8 Å². The molecule has 1 unspecified atom stereocenters. The molecule has 0 radical (unpaired) electrons. The highest BCUT2D eigenvalue weighted by molar-refractivity contribution is 5.93. The lowest BCUT2D eigenvalue weighted by Crippen LogP contribution is -2.21. The molecule has 0 fully saturated rings. The van der Waals surface area contributed by atoms with E-state index >= 15 is 0 Å².